The fourth-order valence-corrected chi connectivity index (χ4v) is 3.67. The van der Waals surface area contributed by atoms with E-state index in [4.69, 9.17) is 16.2 Å². The molecule has 0 bridgehead atoms. The summed E-state index contributed by atoms with van der Waals surface area (Å²) in [7, 11) is 2.11. The molecule has 0 atom stereocenters. The van der Waals surface area contributed by atoms with Gasteiger partial charge in [-0.05, 0) is 36.9 Å². The number of benzene rings is 1. The number of nitrogens with zero attached hydrogens (tertiary/aromatic N) is 5. The lowest BCUT2D eigenvalue weighted by molar-refractivity contribution is -0.114. The van der Waals surface area contributed by atoms with Crippen molar-refractivity contribution in [2.24, 2.45) is 0 Å². The van der Waals surface area contributed by atoms with Crippen molar-refractivity contribution in [2.45, 2.75) is 13.5 Å². The molecule has 1 saturated heterocycles. The fourth-order valence-electron chi connectivity index (χ4n) is 3.67. The smallest absolute Gasteiger partial charge is 0.258 e. The topological polar surface area (TPSA) is 136 Å². The van der Waals surface area contributed by atoms with Gasteiger partial charge >= 0.3 is 0 Å². The maximum atomic E-state index is 11.9. The second kappa shape index (κ2) is 9.70. The summed E-state index contributed by atoms with van der Waals surface area (Å²) in [5.74, 6) is 0.699. The number of pyridine rings is 1. The van der Waals surface area contributed by atoms with E-state index >= 15 is 0 Å². The summed E-state index contributed by atoms with van der Waals surface area (Å²) in [4.78, 5) is 29.2. The first-order valence-electron chi connectivity index (χ1n) is 10.7. The number of anilines is 4. The van der Waals surface area contributed by atoms with Gasteiger partial charge in [-0.15, -0.1) is 0 Å². The molecule has 0 saturated carbocycles. The van der Waals surface area contributed by atoms with E-state index in [-0.39, 0.29) is 24.2 Å². The van der Waals surface area contributed by atoms with E-state index in [0.717, 1.165) is 48.7 Å². The number of nitrogen functional groups attached to an aromatic ring is 2. The molecule has 10 heteroatoms. The Morgan fingerprint density at radius 3 is 2.64 bits per heavy atom. The number of ether oxygens (including phenoxy) is 1. The molecule has 3 aromatic rings. The third-order valence-electron chi connectivity index (χ3n) is 5.44. The molecule has 10 nitrogen and oxygen atoms in total. The molecule has 1 fully saturated rings. The second-order valence-electron chi connectivity index (χ2n) is 8.03. The predicted molar refractivity (Wildman–Crippen MR) is 129 cm³/mol. The number of carbonyl (C=O) groups excluding carboxylic acids is 1. The summed E-state index contributed by atoms with van der Waals surface area (Å²) in [6.45, 7) is 5.45. The van der Waals surface area contributed by atoms with Crippen LogP contribution in [0.3, 0.4) is 0 Å². The number of piperazine rings is 1. The highest BCUT2D eigenvalue weighted by molar-refractivity contribution is 5.94. The quantitative estimate of drug-likeness (QED) is 0.517. The molecule has 0 aliphatic carbocycles. The predicted octanol–water partition coefficient (Wildman–Crippen LogP) is 1.99. The van der Waals surface area contributed by atoms with Crippen molar-refractivity contribution in [2.75, 3.05) is 54.9 Å². The van der Waals surface area contributed by atoms with E-state index in [0.29, 0.717) is 11.5 Å². The third kappa shape index (κ3) is 5.47. The minimum Gasteiger partial charge on any atom is -0.470 e. The Morgan fingerprint density at radius 1 is 1.12 bits per heavy atom. The van der Waals surface area contributed by atoms with Crippen LogP contribution in [0.2, 0.25) is 0 Å². The fraction of sp³-hybridized carbons (Fsp3) is 0.304. The van der Waals surface area contributed by atoms with Gasteiger partial charge in [-0.25, -0.2) is 15.0 Å². The van der Waals surface area contributed by atoms with Gasteiger partial charge in [-0.3, -0.25) is 4.79 Å². The standard InChI is InChI=1S/C23H28N8O2/c1-15(32)28-18-12-17(3-4-20(18)31-9-7-30(2)8-10-31)19-13-27-22(25)23(29-19)33-14-16-5-6-26-21(24)11-16/h3-6,11-13H,7-10,14H2,1-2H3,(H2,24,26)(H2,25,27)(H,28,32). The van der Waals surface area contributed by atoms with Gasteiger partial charge in [0.05, 0.1) is 23.3 Å². The molecule has 1 aromatic carbocycles. The van der Waals surface area contributed by atoms with Gasteiger partial charge in [-0.2, -0.15) is 0 Å². The molecule has 1 aliphatic rings. The largest absolute Gasteiger partial charge is 0.470 e. The number of carbonyl (C=O) groups is 1. The van der Waals surface area contributed by atoms with Crippen molar-refractivity contribution < 1.29 is 9.53 Å². The minimum absolute atomic E-state index is 0.133. The van der Waals surface area contributed by atoms with Crippen molar-refractivity contribution in [3.63, 3.8) is 0 Å². The molecule has 2 aromatic heterocycles. The molecule has 4 rings (SSSR count). The Kier molecular flexibility index (Phi) is 6.55. The molecular formula is C23H28N8O2. The Hall–Kier alpha value is -3.92. The van der Waals surface area contributed by atoms with Gasteiger partial charge < -0.3 is 31.3 Å². The summed E-state index contributed by atoms with van der Waals surface area (Å²) < 4.78 is 5.80. The number of hydrogen-bond acceptors (Lipinski definition) is 9. The normalized spacial score (nSPS) is 14.2. The van der Waals surface area contributed by atoms with Crippen LogP contribution in [0.5, 0.6) is 5.88 Å². The summed E-state index contributed by atoms with van der Waals surface area (Å²) in [5.41, 5.74) is 15.7. The maximum absolute atomic E-state index is 11.9. The van der Waals surface area contributed by atoms with E-state index in [1.165, 1.54) is 6.92 Å². The Bertz CT molecular complexity index is 1150. The molecule has 3 heterocycles. The van der Waals surface area contributed by atoms with Crippen LogP contribution in [0.1, 0.15) is 12.5 Å². The Balaban J connectivity index is 1.60. The van der Waals surface area contributed by atoms with Crippen molar-refractivity contribution >= 4 is 28.9 Å². The number of nitrogens with one attached hydrogen (secondary N) is 1. The number of rotatable bonds is 6. The maximum Gasteiger partial charge on any atom is 0.258 e. The van der Waals surface area contributed by atoms with Crippen LogP contribution >= 0.6 is 0 Å². The first-order chi connectivity index (χ1) is 15.9. The number of aromatic nitrogens is 3. The van der Waals surface area contributed by atoms with E-state index in [1.807, 2.05) is 18.2 Å². The van der Waals surface area contributed by atoms with Crippen LogP contribution in [0.25, 0.3) is 11.3 Å². The molecule has 1 amide bonds. The summed E-state index contributed by atoms with van der Waals surface area (Å²) in [6.07, 6.45) is 3.21. The molecule has 172 valence electrons. The van der Waals surface area contributed by atoms with Crippen molar-refractivity contribution in [1.29, 1.82) is 0 Å². The average Bonchev–Trinajstić information content (AvgIpc) is 2.79. The third-order valence-corrected chi connectivity index (χ3v) is 5.44. The average molecular weight is 449 g/mol. The number of amides is 1. The zero-order valence-electron chi connectivity index (χ0n) is 18.8. The van der Waals surface area contributed by atoms with Gasteiger partial charge in [-0.1, -0.05) is 6.07 Å². The zero-order valence-corrected chi connectivity index (χ0v) is 18.8. The zero-order chi connectivity index (χ0) is 23.4. The first-order valence-corrected chi connectivity index (χ1v) is 10.7. The highest BCUT2D eigenvalue weighted by atomic mass is 16.5. The lowest BCUT2D eigenvalue weighted by Gasteiger charge is -2.35. The SMILES string of the molecule is CC(=O)Nc1cc(-c2cnc(N)c(OCc3ccnc(N)c3)n2)ccc1N1CCN(C)CC1. The van der Waals surface area contributed by atoms with Crippen LogP contribution in [0, 0.1) is 0 Å². The Morgan fingerprint density at radius 2 is 1.91 bits per heavy atom. The summed E-state index contributed by atoms with van der Waals surface area (Å²) in [6, 6.07) is 9.41. The van der Waals surface area contributed by atoms with Crippen LogP contribution in [0.15, 0.2) is 42.7 Å². The van der Waals surface area contributed by atoms with E-state index in [1.54, 1.807) is 24.5 Å². The van der Waals surface area contributed by atoms with Crippen molar-refractivity contribution in [3.05, 3.63) is 48.3 Å². The van der Waals surface area contributed by atoms with Crippen LogP contribution in [-0.2, 0) is 11.4 Å². The van der Waals surface area contributed by atoms with Crippen LogP contribution in [-0.4, -0.2) is 59.0 Å². The Labute approximate surface area is 192 Å². The van der Waals surface area contributed by atoms with E-state index in [2.05, 4.69) is 37.1 Å². The number of likely N-dealkylation sites (N-methyl/N-ethyl adjacent to an activating group) is 1. The van der Waals surface area contributed by atoms with E-state index < -0.39 is 0 Å². The van der Waals surface area contributed by atoms with Gasteiger partial charge in [0.1, 0.15) is 12.4 Å². The first kappa shape index (κ1) is 22.3. The molecule has 0 spiro atoms. The van der Waals surface area contributed by atoms with Crippen LogP contribution in [0.4, 0.5) is 23.0 Å². The number of hydrogen-bond donors (Lipinski definition) is 3. The summed E-state index contributed by atoms with van der Waals surface area (Å²) >= 11 is 0. The molecule has 5 N–H and O–H groups in total. The molecule has 1 aliphatic heterocycles. The number of nitrogens with two attached hydrogens (primary N) is 2. The van der Waals surface area contributed by atoms with Gasteiger partial charge in [0.15, 0.2) is 5.82 Å². The molecule has 0 radical (unpaired) electrons. The van der Waals surface area contributed by atoms with Crippen LogP contribution < -0.4 is 26.4 Å². The second-order valence-corrected chi connectivity index (χ2v) is 8.03. The monoisotopic (exact) mass is 448 g/mol. The molecule has 33 heavy (non-hydrogen) atoms. The van der Waals surface area contributed by atoms with Gasteiger partial charge in [0, 0.05) is 44.9 Å². The van der Waals surface area contributed by atoms with Gasteiger partial charge in [0.25, 0.3) is 5.88 Å². The lowest BCUT2D eigenvalue weighted by Crippen LogP contribution is -2.44. The van der Waals surface area contributed by atoms with Gasteiger partial charge in [0.2, 0.25) is 5.91 Å². The van der Waals surface area contributed by atoms with Crippen molar-refractivity contribution in [3.8, 4) is 17.1 Å². The summed E-state index contributed by atoms with van der Waals surface area (Å²) in [5, 5.41) is 2.95. The highest BCUT2D eigenvalue weighted by Gasteiger charge is 2.19. The minimum atomic E-state index is -0.133. The molecule has 0 unspecified atom stereocenters. The highest BCUT2D eigenvalue weighted by Crippen LogP contribution is 2.32. The van der Waals surface area contributed by atoms with Crippen molar-refractivity contribution in [1.82, 2.24) is 19.9 Å². The lowest BCUT2D eigenvalue weighted by atomic mass is 10.1. The van der Waals surface area contributed by atoms with E-state index in [9.17, 15) is 4.79 Å². The molecular weight excluding hydrogens is 420 g/mol.